The molecule has 7 aromatic carbocycles. The lowest BCUT2D eigenvalue weighted by atomic mass is 10.0. The second-order valence-electron chi connectivity index (χ2n) is 12.4. The highest BCUT2D eigenvalue weighted by Crippen LogP contribution is 2.46. The Bertz CT molecular complexity index is 3030. The first-order valence-corrected chi connectivity index (χ1v) is 17.0. The van der Waals surface area contributed by atoms with Crippen LogP contribution < -0.4 is 0 Å². The summed E-state index contributed by atoms with van der Waals surface area (Å²) in [5, 5.41) is 27.0. The van der Waals surface area contributed by atoms with Gasteiger partial charge >= 0.3 is 0 Å². The second kappa shape index (κ2) is 10.4. The molecule has 0 spiro atoms. The summed E-state index contributed by atoms with van der Waals surface area (Å²) in [6.45, 7) is 0. The van der Waals surface area contributed by atoms with Gasteiger partial charge in [-0.1, -0.05) is 91.0 Å². The number of nitrogens with zero attached hydrogens (tertiary/aromatic N) is 4. The molecule has 0 aliphatic carbocycles. The smallest absolute Gasteiger partial charge is 0.101 e. The van der Waals surface area contributed by atoms with Gasteiger partial charge in [0.15, 0.2) is 0 Å². The number of hydrogen-bond acceptors (Lipinski definition) is 3. The topological polar surface area (TPSA) is 57.4 Å². The fourth-order valence-electron chi connectivity index (χ4n) is 7.72. The highest BCUT2D eigenvalue weighted by atomic mass is 32.1. The van der Waals surface area contributed by atoms with E-state index in [4.69, 9.17) is 0 Å². The molecule has 10 aromatic rings. The van der Waals surface area contributed by atoms with Crippen LogP contribution in [-0.4, -0.2) is 9.13 Å². The lowest BCUT2D eigenvalue weighted by molar-refractivity contribution is 1.17. The Hall–Kier alpha value is -6.66. The van der Waals surface area contributed by atoms with Gasteiger partial charge in [-0.05, 0) is 65.7 Å². The van der Waals surface area contributed by atoms with Crippen LogP contribution in [0.15, 0.2) is 146 Å². The lowest BCUT2D eigenvalue weighted by Crippen LogP contribution is -1.96. The van der Waals surface area contributed by atoms with Gasteiger partial charge in [0.05, 0.1) is 42.6 Å². The highest BCUT2D eigenvalue weighted by Gasteiger charge is 2.21. The number of rotatable bonds is 3. The molecule has 4 nitrogen and oxygen atoms in total. The van der Waals surface area contributed by atoms with Crippen LogP contribution in [0.25, 0.3) is 86.3 Å². The van der Waals surface area contributed by atoms with Crippen LogP contribution in [0.4, 0.5) is 0 Å². The largest absolute Gasteiger partial charge is 0.309 e. The summed E-state index contributed by atoms with van der Waals surface area (Å²) in [5.74, 6) is 0. The molecule has 0 amide bonds. The van der Waals surface area contributed by atoms with Crippen molar-refractivity contribution in [2.75, 3.05) is 0 Å². The molecule has 0 aliphatic rings. The Balaban J connectivity index is 1.21. The van der Waals surface area contributed by atoms with Gasteiger partial charge in [-0.25, -0.2) is 0 Å². The Morgan fingerprint density at radius 3 is 1.53 bits per heavy atom. The minimum atomic E-state index is 0.617. The monoisotopic (exact) mass is 640 g/mol. The van der Waals surface area contributed by atoms with E-state index >= 15 is 0 Å². The van der Waals surface area contributed by atoms with Crippen molar-refractivity contribution < 1.29 is 0 Å². The zero-order valence-electron chi connectivity index (χ0n) is 26.1. The number of benzene rings is 7. The van der Waals surface area contributed by atoms with Crippen LogP contribution in [0.5, 0.6) is 0 Å². The molecule has 3 aromatic heterocycles. The van der Waals surface area contributed by atoms with E-state index in [1.807, 2.05) is 18.2 Å². The van der Waals surface area contributed by atoms with Crippen molar-refractivity contribution in [3.8, 4) is 34.6 Å². The number of nitriles is 2. The van der Waals surface area contributed by atoms with Crippen molar-refractivity contribution in [3.63, 3.8) is 0 Å². The first kappa shape index (κ1) is 27.5. The average Bonchev–Trinajstić information content (AvgIpc) is 3.82. The van der Waals surface area contributed by atoms with E-state index in [-0.39, 0.29) is 0 Å². The molecule has 226 valence electrons. The summed E-state index contributed by atoms with van der Waals surface area (Å²) in [4.78, 5) is 0. The summed E-state index contributed by atoms with van der Waals surface area (Å²) >= 11 is 1.54. The number of aromatic nitrogens is 2. The number of thiophene rings is 1. The van der Waals surface area contributed by atoms with Gasteiger partial charge in [0.1, 0.15) is 12.1 Å². The zero-order valence-corrected chi connectivity index (χ0v) is 26.9. The molecular weight excluding hydrogens is 617 g/mol. The van der Waals surface area contributed by atoms with Crippen molar-refractivity contribution in [2.45, 2.75) is 0 Å². The van der Waals surface area contributed by atoms with Gasteiger partial charge in [-0.2, -0.15) is 10.5 Å². The van der Waals surface area contributed by atoms with Crippen LogP contribution in [0.1, 0.15) is 11.1 Å². The second-order valence-corrected chi connectivity index (χ2v) is 13.4. The number of hydrogen-bond donors (Lipinski definition) is 0. The molecule has 5 heteroatoms. The van der Waals surface area contributed by atoms with Crippen molar-refractivity contribution in [2.24, 2.45) is 0 Å². The van der Waals surface area contributed by atoms with Gasteiger partial charge < -0.3 is 9.13 Å². The van der Waals surface area contributed by atoms with E-state index < -0.39 is 0 Å². The molecule has 0 radical (unpaired) electrons. The van der Waals surface area contributed by atoms with Crippen molar-refractivity contribution in [1.29, 1.82) is 10.5 Å². The first-order chi connectivity index (χ1) is 24.2. The molecule has 0 atom stereocenters. The third kappa shape index (κ3) is 3.88. The molecule has 3 heterocycles. The predicted molar refractivity (Wildman–Crippen MR) is 203 cm³/mol. The Morgan fingerprint density at radius 1 is 0.408 bits per heavy atom. The average molecular weight is 641 g/mol. The SMILES string of the molecule is N#Cc1cccc2c1sc1c(C#N)cc3c(c4ccccc4n3-c3cccc(-c4cccc(-n5c6ccccc6c6ccccc65)c4)c3)c12. The van der Waals surface area contributed by atoms with E-state index in [9.17, 15) is 10.5 Å². The van der Waals surface area contributed by atoms with Crippen LogP contribution >= 0.6 is 11.3 Å². The highest BCUT2D eigenvalue weighted by molar-refractivity contribution is 7.26. The van der Waals surface area contributed by atoms with Crippen molar-refractivity contribution in [1.82, 2.24) is 9.13 Å². The van der Waals surface area contributed by atoms with Crippen LogP contribution in [0.2, 0.25) is 0 Å². The summed E-state index contributed by atoms with van der Waals surface area (Å²) in [6.07, 6.45) is 0. The molecule has 0 fully saturated rings. The lowest BCUT2D eigenvalue weighted by Gasteiger charge is -2.13. The maximum atomic E-state index is 10.4. The molecule has 0 unspecified atom stereocenters. The zero-order chi connectivity index (χ0) is 32.6. The van der Waals surface area contributed by atoms with Gasteiger partial charge in [0.25, 0.3) is 0 Å². The molecule has 0 saturated carbocycles. The predicted octanol–water partition coefficient (Wildman–Crippen LogP) is 11.7. The molecule has 0 aliphatic heterocycles. The summed E-state index contributed by atoms with van der Waals surface area (Å²) < 4.78 is 6.48. The summed E-state index contributed by atoms with van der Waals surface area (Å²) in [6, 6.07) is 55.8. The van der Waals surface area contributed by atoms with Crippen molar-refractivity contribution in [3.05, 3.63) is 157 Å². The summed E-state index contributed by atoms with van der Waals surface area (Å²) in [5.41, 5.74) is 10.0. The van der Waals surface area contributed by atoms with Gasteiger partial charge in [-0.3, -0.25) is 0 Å². The van der Waals surface area contributed by atoms with Crippen molar-refractivity contribution >= 4 is 75.1 Å². The fourth-order valence-corrected chi connectivity index (χ4v) is 8.95. The molecule has 10 rings (SSSR count). The maximum absolute atomic E-state index is 10.4. The molecule has 0 N–H and O–H groups in total. The van der Waals surface area contributed by atoms with E-state index in [0.29, 0.717) is 11.1 Å². The molecule has 49 heavy (non-hydrogen) atoms. The van der Waals surface area contributed by atoms with Crippen LogP contribution in [0, 0.1) is 22.7 Å². The minimum absolute atomic E-state index is 0.617. The number of fused-ring (bicyclic) bond motifs is 10. The van der Waals surface area contributed by atoms with Gasteiger partial charge in [0.2, 0.25) is 0 Å². The first-order valence-electron chi connectivity index (χ1n) is 16.1. The minimum Gasteiger partial charge on any atom is -0.309 e. The van der Waals surface area contributed by atoms with Gasteiger partial charge in [0, 0.05) is 43.7 Å². The normalized spacial score (nSPS) is 11.6. The number of para-hydroxylation sites is 3. The van der Waals surface area contributed by atoms with E-state index in [2.05, 4.69) is 149 Å². The standard InChI is InChI=1S/C44H24N4S/c45-25-29-12-9-18-36-42-41-35-17-3-6-21-39(35)48(40(41)24-30(26-46)44(42)49-43(29)36)32-14-8-11-28(23-32)27-10-7-13-31(22-27)47-37-19-4-1-15-33(37)34-16-2-5-20-38(34)47/h1-24H. The Kier molecular flexibility index (Phi) is 5.84. The maximum Gasteiger partial charge on any atom is 0.101 e. The molecular formula is C44H24N4S. The third-order valence-electron chi connectivity index (χ3n) is 9.77. The van der Waals surface area contributed by atoms with E-state index in [0.717, 1.165) is 64.5 Å². The summed E-state index contributed by atoms with van der Waals surface area (Å²) in [7, 11) is 0. The Morgan fingerprint density at radius 2 is 0.918 bits per heavy atom. The van der Waals surface area contributed by atoms with E-state index in [1.165, 1.54) is 33.1 Å². The van der Waals surface area contributed by atoms with E-state index in [1.54, 1.807) is 0 Å². The quantitative estimate of drug-likeness (QED) is 0.193. The van der Waals surface area contributed by atoms with Crippen LogP contribution in [0.3, 0.4) is 0 Å². The molecule has 0 saturated heterocycles. The fraction of sp³-hybridized carbons (Fsp3) is 0. The third-order valence-corrected chi connectivity index (χ3v) is 11.0. The Labute approximate surface area is 285 Å². The van der Waals surface area contributed by atoms with Crippen LogP contribution in [-0.2, 0) is 0 Å². The van der Waals surface area contributed by atoms with Gasteiger partial charge in [-0.15, -0.1) is 11.3 Å². The molecule has 0 bridgehead atoms.